The lowest BCUT2D eigenvalue weighted by Gasteiger charge is -2.13. The molecule has 1 aromatic carbocycles. The van der Waals surface area contributed by atoms with Crippen molar-refractivity contribution < 1.29 is 9.18 Å². The molecule has 0 aliphatic heterocycles. The fraction of sp³-hybridized carbons (Fsp3) is 0.323. The number of rotatable bonds is 8. The highest BCUT2D eigenvalue weighted by Gasteiger charge is 2.50. The van der Waals surface area contributed by atoms with Crippen molar-refractivity contribution in [2.75, 3.05) is 5.32 Å². The van der Waals surface area contributed by atoms with Crippen LogP contribution in [0.4, 0.5) is 10.1 Å². The van der Waals surface area contributed by atoms with E-state index in [0.717, 1.165) is 24.0 Å². The third-order valence-corrected chi connectivity index (χ3v) is 8.55. The molecule has 1 N–H and O–H groups in total. The number of hydrogen-bond donors (Lipinski definition) is 1. The molecule has 7 nitrogen and oxygen atoms in total. The molecule has 2 fully saturated rings. The minimum Gasteiger partial charge on any atom is -0.323 e. The number of aryl methyl sites for hydroxylation is 1. The zero-order chi connectivity index (χ0) is 29.5. The van der Waals surface area contributed by atoms with Gasteiger partial charge in [0.15, 0.2) is 11.0 Å². The second-order valence-electron chi connectivity index (χ2n) is 10.9. The van der Waals surface area contributed by atoms with Crippen molar-refractivity contribution in [3.63, 3.8) is 0 Å². The molecule has 0 radical (unpaired) electrons. The fourth-order valence-corrected chi connectivity index (χ4v) is 5.62. The Labute approximate surface area is 247 Å². The van der Waals surface area contributed by atoms with E-state index in [0.29, 0.717) is 10.8 Å². The number of aliphatic imine (C=N–C) groups is 1. The summed E-state index contributed by atoms with van der Waals surface area (Å²) in [7, 11) is 0. The van der Waals surface area contributed by atoms with Gasteiger partial charge in [-0.3, -0.25) is 19.1 Å². The first kappa shape index (κ1) is 28.9. The molecule has 212 valence electrons. The zero-order valence-electron chi connectivity index (χ0n) is 23.2. The molecule has 0 spiro atoms. The van der Waals surface area contributed by atoms with Gasteiger partial charge in [0.1, 0.15) is 5.02 Å². The first-order chi connectivity index (χ1) is 19.6. The maximum atomic E-state index is 15.6. The Balaban J connectivity index is 1.45. The zero-order valence-corrected chi connectivity index (χ0v) is 24.7. The molecule has 2 aliphatic carbocycles. The van der Waals surface area contributed by atoms with Gasteiger partial charge in [-0.05, 0) is 85.9 Å². The minimum absolute atomic E-state index is 0.0459. The number of carbonyl (C=O) groups excluding carboxylic acids is 1. The fourth-order valence-electron chi connectivity index (χ4n) is 5.18. The van der Waals surface area contributed by atoms with Gasteiger partial charge < -0.3 is 5.32 Å². The van der Waals surface area contributed by atoms with Crippen LogP contribution in [0.25, 0.3) is 6.20 Å². The third-order valence-electron chi connectivity index (χ3n) is 7.99. The lowest BCUT2D eigenvalue weighted by Crippen LogP contribution is -2.22. The van der Waals surface area contributed by atoms with Crippen LogP contribution in [-0.2, 0) is 4.79 Å². The van der Waals surface area contributed by atoms with Gasteiger partial charge in [-0.2, -0.15) is 5.10 Å². The normalized spacial score (nSPS) is 21.4. The van der Waals surface area contributed by atoms with Gasteiger partial charge in [0.05, 0.1) is 17.6 Å². The number of amides is 1. The molecular formula is C31H30Cl2FN5O2. The van der Waals surface area contributed by atoms with Crippen molar-refractivity contribution in [1.82, 2.24) is 14.8 Å². The van der Waals surface area contributed by atoms with Gasteiger partial charge in [0, 0.05) is 29.1 Å². The van der Waals surface area contributed by atoms with E-state index in [2.05, 4.69) is 27.4 Å². The molecule has 2 aliphatic rings. The van der Waals surface area contributed by atoms with Crippen molar-refractivity contribution >= 4 is 46.7 Å². The molecule has 1 amide bonds. The molecule has 41 heavy (non-hydrogen) atoms. The van der Waals surface area contributed by atoms with E-state index in [1.165, 1.54) is 23.0 Å². The van der Waals surface area contributed by atoms with E-state index in [9.17, 15) is 9.59 Å². The van der Waals surface area contributed by atoms with Crippen molar-refractivity contribution in [2.45, 2.75) is 52.4 Å². The topological polar surface area (TPSA) is 89.2 Å². The van der Waals surface area contributed by atoms with E-state index in [-0.39, 0.29) is 51.2 Å². The molecule has 3 aromatic rings. The Morgan fingerprint density at radius 1 is 1.24 bits per heavy atom. The van der Waals surface area contributed by atoms with E-state index in [1.54, 1.807) is 43.5 Å². The van der Waals surface area contributed by atoms with Crippen molar-refractivity contribution in [1.29, 1.82) is 0 Å². The van der Waals surface area contributed by atoms with E-state index < -0.39 is 11.2 Å². The maximum absolute atomic E-state index is 15.6. The molecule has 0 bridgehead atoms. The summed E-state index contributed by atoms with van der Waals surface area (Å²) in [6.45, 7) is 7.57. The number of anilines is 1. The summed E-state index contributed by atoms with van der Waals surface area (Å²) in [5, 5.41) is 10.9. The Kier molecular flexibility index (Phi) is 7.99. The van der Waals surface area contributed by atoms with Crippen LogP contribution in [0.15, 0.2) is 64.7 Å². The van der Waals surface area contributed by atoms with Crippen LogP contribution in [0.1, 0.15) is 67.8 Å². The molecule has 3 unspecified atom stereocenters. The smallest absolute Gasteiger partial charge is 0.273 e. The Hall–Kier alpha value is -3.62. The number of nitrogens with zero attached hydrogens (tertiary/aromatic N) is 4. The number of hydrogen-bond acceptors (Lipinski definition) is 5. The van der Waals surface area contributed by atoms with Crippen LogP contribution >= 0.6 is 23.2 Å². The van der Waals surface area contributed by atoms with E-state index >= 15 is 4.39 Å². The first-order valence-corrected chi connectivity index (χ1v) is 14.2. The van der Waals surface area contributed by atoms with Crippen LogP contribution < -0.4 is 10.9 Å². The summed E-state index contributed by atoms with van der Waals surface area (Å²) in [6.07, 6.45) is 9.60. The highest BCUT2D eigenvalue weighted by atomic mass is 35.5. The summed E-state index contributed by atoms with van der Waals surface area (Å²) in [5.41, 5.74) is 2.11. The summed E-state index contributed by atoms with van der Waals surface area (Å²) in [6, 6.07) is 8.46. The van der Waals surface area contributed by atoms with E-state index in [4.69, 9.17) is 23.2 Å². The third kappa shape index (κ3) is 5.76. The molecular weight excluding hydrogens is 564 g/mol. The standard InChI is InChI=1S/C31H30Cl2FN5O2/c1-5-12-35-22(20-7-6-8-23(28(20)34)37-30(41)31(4)10-11-31)9-13-39-17(2)14-21(27(33)29(39)40)26-18(3)25(26)19-15-24(32)38-36-16-19/h5-9,12-16,18,25-26H,10-11H2,1-4H3,(H,37,41)/b12-5+,13-9+,35-22-. The number of benzene rings is 1. The average Bonchev–Trinajstić information content (AvgIpc) is 3.85. The largest absolute Gasteiger partial charge is 0.323 e. The molecule has 2 saturated carbocycles. The lowest BCUT2D eigenvalue weighted by atomic mass is 10.1. The average molecular weight is 595 g/mol. The number of halogens is 3. The summed E-state index contributed by atoms with van der Waals surface area (Å²) in [5.74, 6) is -0.387. The van der Waals surface area contributed by atoms with Gasteiger partial charge in [-0.15, -0.1) is 5.10 Å². The van der Waals surface area contributed by atoms with Crippen LogP contribution in [0.2, 0.25) is 10.2 Å². The second kappa shape index (κ2) is 11.3. The van der Waals surface area contributed by atoms with E-state index in [1.807, 2.05) is 19.9 Å². The summed E-state index contributed by atoms with van der Waals surface area (Å²) in [4.78, 5) is 30.3. The van der Waals surface area contributed by atoms with Gasteiger partial charge in [0.25, 0.3) is 5.56 Å². The Morgan fingerprint density at radius 2 is 2.00 bits per heavy atom. The van der Waals surface area contributed by atoms with Gasteiger partial charge in [-0.25, -0.2) is 4.39 Å². The predicted molar refractivity (Wildman–Crippen MR) is 161 cm³/mol. The highest BCUT2D eigenvalue weighted by molar-refractivity contribution is 6.31. The van der Waals surface area contributed by atoms with Gasteiger partial charge in [0.2, 0.25) is 5.91 Å². The monoisotopic (exact) mass is 593 g/mol. The minimum atomic E-state index is -0.602. The van der Waals surface area contributed by atoms with Crippen LogP contribution in [0, 0.1) is 24.1 Å². The second-order valence-corrected chi connectivity index (χ2v) is 11.7. The number of aromatic nitrogens is 3. The summed E-state index contributed by atoms with van der Waals surface area (Å²) >= 11 is 12.7. The number of allylic oxidation sites excluding steroid dienone is 2. The van der Waals surface area contributed by atoms with Gasteiger partial charge in [-0.1, -0.05) is 49.2 Å². The van der Waals surface area contributed by atoms with Crippen LogP contribution in [0.3, 0.4) is 0 Å². The van der Waals surface area contributed by atoms with Gasteiger partial charge >= 0.3 is 0 Å². The Bertz CT molecular complexity index is 1680. The molecule has 0 saturated heterocycles. The molecule has 10 heteroatoms. The number of carbonyl (C=O) groups is 1. The molecule has 3 atom stereocenters. The lowest BCUT2D eigenvalue weighted by molar-refractivity contribution is -0.120. The van der Waals surface area contributed by atoms with Crippen molar-refractivity contribution in [3.8, 4) is 0 Å². The van der Waals surface area contributed by atoms with Crippen LogP contribution in [-0.4, -0.2) is 26.4 Å². The van der Waals surface area contributed by atoms with Crippen LogP contribution in [0.5, 0.6) is 0 Å². The predicted octanol–water partition coefficient (Wildman–Crippen LogP) is 7.14. The van der Waals surface area contributed by atoms with Crippen molar-refractivity contribution in [2.24, 2.45) is 16.3 Å². The Morgan fingerprint density at radius 3 is 2.68 bits per heavy atom. The molecule has 5 rings (SSSR count). The SMILES string of the molecule is C/C=C/N=C(/C=C/n1c(C)cc(C2C(C)C2c2cnnc(Cl)c2)c(Cl)c1=O)c1cccc(NC(=O)C2(C)CC2)c1F. The highest BCUT2D eigenvalue weighted by Crippen LogP contribution is 2.61. The van der Waals surface area contributed by atoms with Crippen molar-refractivity contribution in [3.05, 3.63) is 104 Å². The number of pyridine rings is 1. The first-order valence-electron chi connectivity index (χ1n) is 13.4. The quantitative estimate of drug-likeness (QED) is 0.281. The molecule has 2 heterocycles. The molecule has 2 aromatic heterocycles. The maximum Gasteiger partial charge on any atom is 0.273 e. The number of nitrogens with one attached hydrogen (secondary N) is 1. The summed E-state index contributed by atoms with van der Waals surface area (Å²) < 4.78 is 17.0.